The lowest BCUT2D eigenvalue weighted by Gasteiger charge is -2.11. The molecule has 104 valence electrons. The van der Waals surface area contributed by atoms with Crippen LogP contribution in [0.15, 0.2) is 10.5 Å². The first-order chi connectivity index (χ1) is 9.01. The van der Waals surface area contributed by atoms with Gasteiger partial charge in [-0.3, -0.25) is 9.59 Å². The summed E-state index contributed by atoms with van der Waals surface area (Å²) in [6.45, 7) is 3.81. The summed E-state index contributed by atoms with van der Waals surface area (Å²) in [5, 5.41) is 11.8. The van der Waals surface area contributed by atoms with E-state index in [2.05, 4.69) is 5.32 Å². The Morgan fingerprint density at radius 2 is 2.21 bits per heavy atom. The van der Waals surface area contributed by atoms with E-state index in [1.807, 2.05) is 19.9 Å². The predicted octanol–water partition coefficient (Wildman–Crippen LogP) is 2.13. The van der Waals surface area contributed by atoms with Crippen LogP contribution in [0, 0.1) is 12.8 Å². The lowest BCUT2D eigenvalue weighted by molar-refractivity contribution is -0.141. The molecule has 2 N–H and O–H groups in total. The van der Waals surface area contributed by atoms with E-state index in [1.54, 1.807) is 0 Å². The average Bonchev–Trinajstić information content (AvgIpc) is 2.95. The number of carboxylic acid groups (broad SMARTS) is 1. The van der Waals surface area contributed by atoms with Crippen LogP contribution in [-0.4, -0.2) is 23.0 Å². The Bertz CT molecular complexity index is 492. The second kappa shape index (κ2) is 5.47. The van der Waals surface area contributed by atoms with Gasteiger partial charge in [0.1, 0.15) is 5.76 Å². The summed E-state index contributed by atoms with van der Waals surface area (Å²) in [4.78, 5) is 22.9. The Balaban J connectivity index is 1.98. The van der Waals surface area contributed by atoms with Crippen LogP contribution in [0.1, 0.15) is 48.1 Å². The van der Waals surface area contributed by atoms with Crippen molar-refractivity contribution in [1.82, 2.24) is 5.32 Å². The maximum Gasteiger partial charge on any atom is 0.306 e. The van der Waals surface area contributed by atoms with Gasteiger partial charge in [0, 0.05) is 18.0 Å². The monoisotopic (exact) mass is 265 g/mol. The summed E-state index contributed by atoms with van der Waals surface area (Å²) in [6, 6.07) is 1.80. The largest absolute Gasteiger partial charge is 0.481 e. The van der Waals surface area contributed by atoms with E-state index >= 15 is 0 Å². The van der Waals surface area contributed by atoms with Gasteiger partial charge in [0.05, 0.1) is 5.92 Å². The first kappa shape index (κ1) is 13.6. The Hall–Kier alpha value is -1.78. The van der Waals surface area contributed by atoms with Gasteiger partial charge in [-0.25, -0.2) is 0 Å². The van der Waals surface area contributed by atoms with Crippen LogP contribution in [0.25, 0.3) is 0 Å². The van der Waals surface area contributed by atoms with Crippen LogP contribution in [0.3, 0.4) is 0 Å². The van der Waals surface area contributed by atoms with Gasteiger partial charge in [-0.2, -0.15) is 0 Å². The number of hydrogen-bond donors (Lipinski definition) is 2. The van der Waals surface area contributed by atoms with Crippen molar-refractivity contribution in [3.8, 4) is 0 Å². The number of rotatable bonds is 4. The molecular formula is C14H19NO4. The van der Waals surface area contributed by atoms with Gasteiger partial charge in [0.15, 0.2) is 5.76 Å². The lowest BCUT2D eigenvalue weighted by Crippen LogP contribution is -2.33. The molecule has 1 heterocycles. The highest BCUT2D eigenvalue weighted by atomic mass is 16.4. The van der Waals surface area contributed by atoms with Crippen molar-refractivity contribution in [1.29, 1.82) is 0 Å². The molecule has 19 heavy (non-hydrogen) atoms. The number of hydrogen-bond acceptors (Lipinski definition) is 3. The zero-order valence-corrected chi connectivity index (χ0v) is 11.2. The Kier molecular flexibility index (Phi) is 3.93. The molecule has 0 aromatic carbocycles. The minimum atomic E-state index is -0.779. The summed E-state index contributed by atoms with van der Waals surface area (Å²) in [5.41, 5.74) is 0.821. The van der Waals surface area contributed by atoms with E-state index in [0.717, 1.165) is 17.7 Å². The number of carboxylic acids is 1. The predicted molar refractivity (Wildman–Crippen MR) is 69.1 cm³/mol. The molecule has 1 aromatic rings. The number of carbonyl (C=O) groups is 2. The highest BCUT2D eigenvalue weighted by Gasteiger charge is 2.31. The molecule has 5 heteroatoms. The SMILES string of the molecule is CCc1cc(C)c(C(=O)N[C@@H]2CC[C@H](C(=O)O)C2)o1. The van der Waals surface area contributed by atoms with E-state index in [9.17, 15) is 9.59 Å². The average molecular weight is 265 g/mol. The molecule has 0 saturated heterocycles. The fraction of sp³-hybridized carbons (Fsp3) is 0.571. The molecule has 1 saturated carbocycles. The highest BCUT2D eigenvalue weighted by Crippen LogP contribution is 2.26. The zero-order valence-electron chi connectivity index (χ0n) is 11.2. The molecule has 1 aromatic heterocycles. The van der Waals surface area contributed by atoms with E-state index < -0.39 is 5.97 Å². The van der Waals surface area contributed by atoms with Crippen LogP contribution in [0.5, 0.6) is 0 Å². The minimum absolute atomic E-state index is 0.0665. The summed E-state index contributed by atoms with van der Waals surface area (Å²) >= 11 is 0. The van der Waals surface area contributed by atoms with E-state index in [4.69, 9.17) is 9.52 Å². The van der Waals surface area contributed by atoms with Gasteiger partial charge >= 0.3 is 5.97 Å². The van der Waals surface area contributed by atoms with Gasteiger partial charge < -0.3 is 14.8 Å². The van der Waals surface area contributed by atoms with Crippen molar-refractivity contribution in [2.45, 2.75) is 45.6 Å². The standard InChI is InChI=1S/C14H19NO4/c1-3-11-6-8(2)12(19-11)13(16)15-10-5-4-9(7-10)14(17)18/h6,9-10H,3-5,7H2,1-2H3,(H,15,16)(H,17,18)/t9-,10+/m0/s1. The van der Waals surface area contributed by atoms with Crippen molar-refractivity contribution in [2.75, 3.05) is 0 Å². The second-order valence-corrected chi connectivity index (χ2v) is 5.10. The zero-order chi connectivity index (χ0) is 14.0. The molecule has 0 spiro atoms. The van der Waals surface area contributed by atoms with Crippen LogP contribution >= 0.6 is 0 Å². The molecule has 2 atom stereocenters. The number of aliphatic carboxylic acids is 1. The van der Waals surface area contributed by atoms with E-state index in [1.165, 1.54) is 0 Å². The summed E-state index contributed by atoms with van der Waals surface area (Å²) in [5.74, 6) is -0.227. The Labute approximate surface area is 112 Å². The molecule has 0 aliphatic heterocycles. The first-order valence-electron chi connectivity index (χ1n) is 6.64. The number of aryl methyl sites for hydroxylation is 2. The third-order valence-corrected chi connectivity index (χ3v) is 3.64. The molecule has 0 radical (unpaired) electrons. The third-order valence-electron chi connectivity index (χ3n) is 3.64. The van der Waals surface area contributed by atoms with Crippen LogP contribution in [-0.2, 0) is 11.2 Å². The van der Waals surface area contributed by atoms with Crippen molar-refractivity contribution < 1.29 is 19.1 Å². The lowest BCUT2D eigenvalue weighted by atomic mass is 10.1. The molecule has 1 fully saturated rings. The molecule has 5 nitrogen and oxygen atoms in total. The highest BCUT2D eigenvalue weighted by molar-refractivity contribution is 5.93. The second-order valence-electron chi connectivity index (χ2n) is 5.10. The number of nitrogens with one attached hydrogen (secondary N) is 1. The van der Waals surface area contributed by atoms with Crippen LogP contribution in [0.2, 0.25) is 0 Å². The van der Waals surface area contributed by atoms with E-state index in [-0.39, 0.29) is 17.9 Å². The van der Waals surface area contributed by atoms with E-state index in [0.29, 0.717) is 25.0 Å². The maximum atomic E-state index is 12.1. The number of furan rings is 1. The molecule has 1 amide bonds. The fourth-order valence-corrected chi connectivity index (χ4v) is 2.54. The summed E-state index contributed by atoms with van der Waals surface area (Å²) < 4.78 is 5.48. The topological polar surface area (TPSA) is 79.5 Å². The maximum absolute atomic E-state index is 12.1. The molecular weight excluding hydrogens is 246 g/mol. The normalized spacial score (nSPS) is 22.4. The van der Waals surface area contributed by atoms with Gasteiger partial charge in [-0.05, 0) is 32.3 Å². The molecule has 1 aliphatic rings. The Morgan fingerprint density at radius 3 is 2.74 bits per heavy atom. The number of carbonyl (C=O) groups excluding carboxylic acids is 1. The van der Waals surface area contributed by atoms with Gasteiger partial charge in [0.2, 0.25) is 0 Å². The summed E-state index contributed by atoms with van der Waals surface area (Å²) in [6.07, 6.45) is 2.58. The van der Waals surface area contributed by atoms with Gasteiger partial charge in [0.25, 0.3) is 5.91 Å². The van der Waals surface area contributed by atoms with Gasteiger partial charge in [-0.1, -0.05) is 6.92 Å². The van der Waals surface area contributed by atoms with Crippen LogP contribution < -0.4 is 5.32 Å². The molecule has 1 aliphatic carbocycles. The first-order valence-corrected chi connectivity index (χ1v) is 6.64. The van der Waals surface area contributed by atoms with Gasteiger partial charge in [-0.15, -0.1) is 0 Å². The molecule has 0 bridgehead atoms. The van der Waals surface area contributed by atoms with Crippen molar-refractivity contribution >= 4 is 11.9 Å². The number of amides is 1. The Morgan fingerprint density at radius 1 is 1.47 bits per heavy atom. The third kappa shape index (κ3) is 2.97. The quantitative estimate of drug-likeness (QED) is 0.874. The van der Waals surface area contributed by atoms with Crippen molar-refractivity contribution in [2.24, 2.45) is 5.92 Å². The summed E-state index contributed by atoms with van der Waals surface area (Å²) in [7, 11) is 0. The fourth-order valence-electron chi connectivity index (χ4n) is 2.54. The molecule has 0 unspecified atom stereocenters. The smallest absolute Gasteiger partial charge is 0.306 e. The van der Waals surface area contributed by atoms with Crippen LogP contribution in [0.4, 0.5) is 0 Å². The molecule has 2 rings (SSSR count). The minimum Gasteiger partial charge on any atom is -0.481 e. The van der Waals surface area contributed by atoms with Crippen molar-refractivity contribution in [3.05, 3.63) is 23.2 Å². The van der Waals surface area contributed by atoms with Crippen molar-refractivity contribution in [3.63, 3.8) is 0 Å².